The van der Waals surface area contributed by atoms with Crippen LogP contribution in [0.25, 0.3) is 0 Å². The Hall–Kier alpha value is -2.30. The van der Waals surface area contributed by atoms with E-state index < -0.39 is 39.9 Å². The Balaban J connectivity index is 2.22. The highest BCUT2D eigenvalue weighted by atomic mass is 35.5. The lowest BCUT2D eigenvalue weighted by Crippen LogP contribution is -2.38. The van der Waals surface area contributed by atoms with Crippen LogP contribution in [0.4, 0.5) is 18.9 Å². The average molecular weight is 451 g/mol. The summed E-state index contributed by atoms with van der Waals surface area (Å²) in [5.74, 6) is -0.469. The van der Waals surface area contributed by atoms with Crippen molar-refractivity contribution in [2.75, 3.05) is 25.5 Å². The first-order chi connectivity index (χ1) is 13.5. The van der Waals surface area contributed by atoms with Crippen molar-refractivity contribution in [3.05, 3.63) is 53.1 Å². The molecule has 0 aliphatic heterocycles. The molecule has 0 saturated heterocycles. The molecule has 0 spiro atoms. The molecule has 29 heavy (non-hydrogen) atoms. The number of benzene rings is 2. The van der Waals surface area contributed by atoms with Crippen molar-refractivity contribution in [3.63, 3.8) is 0 Å². The van der Waals surface area contributed by atoms with E-state index in [2.05, 4.69) is 5.32 Å². The quantitative estimate of drug-likeness (QED) is 0.691. The van der Waals surface area contributed by atoms with E-state index in [1.165, 1.54) is 44.4 Å². The number of likely N-dealkylation sites (N-methyl/N-ethyl adjacent to an activating group) is 1. The smallest absolute Gasteiger partial charge is 0.418 e. The van der Waals surface area contributed by atoms with Crippen LogP contribution in [0.15, 0.2) is 47.4 Å². The van der Waals surface area contributed by atoms with Crippen molar-refractivity contribution in [2.45, 2.75) is 18.0 Å². The Morgan fingerprint density at radius 2 is 1.79 bits per heavy atom. The number of nitrogens with one attached hydrogen (secondary N) is 1. The average Bonchev–Trinajstić information content (AvgIpc) is 2.66. The molecule has 2 aromatic rings. The minimum atomic E-state index is -4.74. The van der Waals surface area contributed by atoms with Gasteiger partial charge in [0.05, 0.1) is 29.8 Å². The number of carbonyl (C=O) groups excluding carboxylic acids is 1. The predicted octanol–water partition coefficient (Wildman–Crippen LogP) is 4.02. The minimum absolute atomic E-state index is 0.0610. The molecule has 2 rings (SSSR count). The van der Waals surface area contributed by atoms with E-state index >= 15 is 0 Å². The molecule has 2 aromatic carbocycles. The molecule has 0 atom stereocenters. The number of methoxy groups -OCH3 is 1. The Morgan fingerprint density at radius 1 is 1.17 bits per heavy atom. The highest BCUT2D eigenvalue weighted by Crippen LogP contribution is 2.36. The van der Waals surface area contributed by atoms with Crippen LogP contribution >= 0.6 is 11.6 Å². The third-order valence-corrected chi connectivity index (χ3v) is 6.10. The highest BCUT2D eigenvalue weighted by molar-refractivity contribution is 7.89. The number of nitrogens with zero attached hydrogens (tertiary/aromatic N) is 1. The molecule has 0 aliphatic rings. The van der Waals surface area contributed by atoms with E-state index in [0.29, 0.717) is 11.8 Å². The molecule has 1 amide bonds. The van der Waals surface area contributed by atoms with Crippen molar-refractivity contribution in [3.8, 4) is 5.75 Å². The summed E-state index contributed by atoms with van der Waals surface area (Å²) in [4.78, 5) is 12.2. The second-order valence-electron chi connectivity index (χ2n) is 5.84. The molecule has 1 N–H and O–H groups in total. The molecule has 0 unspecified atom stereocenters. The van der Waals surface area contributed by atoms with Crippen molar-refractivity contribution < 1.29 is 31.1 Å². The van der Waals surface area contributed by atoms with Crippen molar-refractivity contribution in [2.24, 2.45) is 0 Å². The lowest BCUT2D eigenvalue weighted by Gasteiger charge is -2.21. The van der Waals surface area contributed by atoms with Gasteiger partial charge in [0.25, 0.3) is 0 Å². The van der Waals surface area contributed by atoms with Crippen LogP contribution in [0.3, 0.4) is 0 Å². The number of rotatable bonds is 7. The van der Waals surface area contributed by atoms with Gasteiger partial charge in [-0.15, -0.1) is 0 Å². The largest absolute Gasteiger partial charge is 0.497 e. The van der Waals surface area contributed by atoms with Crippen LogP contribution in [0, 0.1) is 0 Å². The van der Waals surface area contributed by atoms with Gasteiger partial charge in [-0.05, 0) is 42.5 Å². The van der Waals surface area contributed by atoms with E-state index in [1.807, 2.05) is 0 Å². The minimum Gasteiger partial charge on any atom is -0.497 e. The van der Waals surface area contributed by atoms with Gasteiger partial charge in [-0.2, -0.15) is 17.5 Å². The van der Waals surface area contributed by atoms with Gasteiger partial charge in [0.15, 0.2) is 0 Å². The number of halogens is 4. The van der Waals surface area contributed by atoms with Gasteiger partial charge in [0.2, 0.25) is 15.9 Å². The number of anilines is 1. The summed E-state index contributed by atoms with van der Waals surface area (Å²) in [6, 6.07) is 8.41. The summed E-state index contributed by atoms with van der Waals surface area (Å²) < 4.78 is 70.7. The second kappa shape index (κ2) is 9.02. The van der Waals surface area contributed by atoms with Crippen LogP contribution in [0.2, 0.25) is 5.02 Å². The maximum atomic E-state index is 13.2. The van der Waals surface area contributed by atoms with Gasteiger partial charge >= 0.3 is 6.18 Å². The number of carbonyl (C=O) groups is 1. The summed E-state index contributed by atoms with van der Waals surface area (Å²) in [5.41, 5.74) is -1.63. The molecule has 0 radical (unpaired) electrons. The summed E-state index contributed by atoms with van der Waals surface area (Å²) in [6.07, 6.45) is -4.74. The summed E-state index contributed by atoms with van der Waals surface area (Å²) in [5, 5.41) is 1.96. The number of hydrogen-bond acceptors (Lipinski definition) is 4. The topological polar surface area (TPSA) is 75.7 Å². The Labute approximate surface area is 171 Å². The maximum Gasteiger partial charge on any atom is 0.418 e. The van der Waals surface area contributed by atoms with Gasteiger partial charge in [0.1, 0.15) is 5.75 Å². The summed E-state index contributed by atoms with van der Waals surface area (Å²) in [7, 11) is -2.61. The molecule has 0 aromatic heterocycles. The molecule has 0 aliphatic carbocycles. The molecule has 0 bridgehead atoms. The van der Waals surface area contributed by atoms with Crippen molar-refractivity contribution in [1.82, 2.24) is 4.31 Å². The van der Waals surface area contributed by atoms with Crippen LogP contribution in [-0.2, 0) is 21.0 Å². The lowest BCUT2D eigenvalue weighted by molar-refractivity contribution is -0.137. The number of ether oxygens (including phenoxy) is 1. The molecule has 11 heteroatoms. The summed E-state index contributed by atoms with van der Waals surface area (Å²) in [6.45, 7) is 0.789. The first-order valence-electron chi connectivity index (χ1n) is 8.29. The molecule has 0 heterocycles. The molecule has 158 valence electrons. The monoisotopic (exact) mass is 450 g/mol. The molecule has 0 saturated carbocycles. The van der Waals surface area contributed by atoms with Crippen LogP contribution in [0.1, 0.15) is 12.5 Å². The van der Waals surface area contributed by atoms with Crippen molar-refractivity contribution in [1.29, 1.82) is 0 Å². The number of sulfonamides is 1. The maximum absolute atomic E-state index is 13.2. The number of hydrogen-bond donors (Lipinski definition) is 1. The zero-order valence-corrected chi connectivity index (χ0v) is 17.0. The zero-order chi connectivity index (χ0) is 21.8. The molecule has 6 nitrogen and oxygen atoms in total. The first kappa shape index (κ1) is 23.0. The van der Waals surface area contributed by atoms with Gasteiger partial charge in [-0.25, -0.2) is 8.42 Å². The molecule has 0 fully saturated rings. The highest BCUT2D eigenvalue weighted by Gasteiger charge is 2.34. The van der Waals surface area contributed by atoms with E-state index in [4.69, 9.17) is 16.3 Å². The van der Waals surface area contributed by atoms with Gasteiger partial charge in [-0.3, -0.25) is 4.79 Å². The SMILES string of the molecule is CCN(CC(=O)Nc1ccc(Cl)cc1C(F)(F)F)S(=O)(=O)c1ccc(OC)cc1. The van der Waals surface area contributed by atoms with Gasteiger partial charge in [0, 0.05) is 11.6 Å². The van der Waals surface area contributed by atoms with E-state index in [0.717, 1.165) is 10.4 Å². The van der Waals surface area contributed by atoms with Crippen LogP contribution in [0.5, 0.6) is 5.75 Å². The lowest BCUT2D eigenvalue weighted by atomic mass is 10.1. The van der Waals surface area contributed by atoms with Gasteiger partial charge < -0.3 is 10.1 Å². The van der Waals surface area contributed by atoms with Crippen molar-refractivity contribution >= 4 is 33.2 Å². The normalized spacial score (nSPS) is 12.1. The fraction of sp³-hybridized carbons (Fsp3) is 0.278. The second-order valence-corrected chi connectivity index (χ2v) is 8.22. The standard InChI is InChI=1S/C18H18ClF3N2O4S/c1-3-24(29(26,27)14-7-5-13(28-2)6-8-14)11-17(25)23-16-9-4-12(19)10-15(16)18(20,21)22/h4-10H,3,11H2,1-2H3,(H,23,25). The third-order valence-electron chi connectivity index (χ3n) is 3.93. The first-order valence-corrected chi connectivity index (χ1v) is 10.1. The van der Waals surface area contributed by atoms with E-state index in [-0.39, 0.29) is 16.5 Å². The Morgan fingerprint density at radius 3 is 2.31 bits per heavy atom. The predicted molar refractivity (Wildman–Crippen MR) is 103 cm³/mol. The zero-order valence-electron chi connectivity index (χ0n) is 15.5. The number of alkyl halides is 3. The van der Waals surface area contributed by atoms with E-state index in [9.17, 15) is 26.4 Å². The fourth-order valence-corrected chi connectivity index (χ4v) is 4.05. The Kier molecular flexibility index (Phi) is 7.15. The Bertz CT molecular complexity index is 980. The molecular formula is C18H18ClF3N2O4S. The fourth-order valence-electron chi connectivity index (χ4n) is 2.47. The number of amides is 1. The van der Waals surface area contributed by atoms with E-state index in [1.54, 1.807) is 0 Å². The van der Waals surface area contributed by atoms with Gasteiger partial charge in [-0.1, -0.05) is 18.5 Å². The summed E-state index contributed by atoms with van der Waals surface area (Å²) >= 11 is 5.61. The van der Waals surface area contributed by atoms with Crippen LogP contribution < -0.4 is 10.1 Å². The molecular weight excluding hydrogens is 433 g/mol. The third kappa shape index (κ3) is 5.62. The van der Waals surface area contributed by atoms with Crippen LogP contribution in [-0.4, -0.2) is 38.8 Å².